The number of carboxylic acid groups (broad SMARTS) is 1. The first-order valence-electron chi connectivity index (χ1n) is 11.5. The van der Waals surface area contributed by atoms with Gasteiger partial charge in [-0.2, -0.15) is 0 Å². The van der Waals surface area contributed by atoms with Crippen molar-refractivity contribution in [1.29, 1.82) is 0 Å². The Labute approximate surface area is 216 Å². The molecule has 2 heterocycles. The fraction of sp³-hybridized carbons (Fsp3) is 0.636. The quantitative estimate of drug-likeness (QED) is 0.183. The zero-order chi connectivity index (χ0) is 26.7. The molecular formula is C22H32N4O8S2. The van der Waals surface area contributed by atoms with Crippen LogP contribution in [0.3, 0.4) is 0 Å². The Bertz CT molecular complexity index is 895. The summed E-state index contributed by atoms with van der Waals surface area (Å²) in [6.45, 7) is 2.94. The first-order chi connectivity index (χ1) is 17.0. The smallest absolute Gasteiger partial charge is 0.308 e. The third kappa shape index (κ3) is 10.1. The van der Waals surface area contributed by atoms with Gasteiger partial charge in [0.1, 0.15) is 23.7 Å². The highest BCUT2D eigenvalue weighted by Crippen LogP contribution is 2.24. The summed E-state index contributed by atoms with van der Waals surface area (Å²) in [5.74, 6) is -3.48. The SMILES string of the molecule is CC1(C)NC(=O)[C@H]2CSSCC/C=C/[C@H](CC(=O)N[C@H](CCC(=O)O)C(=O)N2)OC(=O)CCNC1=O. The van der Waals surface area contributed by atoms with E-state index < -0.39 is 65.7 Å². The minimum atomic E-state index is -1.36. The lowest BCUT2D eigenvalue weighted by molar-refractivity contribution is -0.148. The molecule has 1 fully saturated rings. The lowest BCUT2D eigenvalue weighted by Gasteiger charge is -2.28. The first kappa shape index (κ1) is 29.5. The van der Waals surface area contributed by atoms with E-state index in [0.717, 1.165) is 0 Å². The normalized spacial score (nSPS) is 27.7. The summed E-state index contributed by atoms with van der Waals surface area (Å²) in [4.78, 5) is 75.0. The molecule has 0 radical (unpaired) electrons. The number of carbonyl (C=O) groups is 6. The van der Waals surface area contributed by atoms with Crippen LogP contribution in [0.2, 0.25) is 0 Å². The molecule has 36 heavy (non-hydrogen) atoms. The van der Waals surface area contributed by atoms with Crippen molar-refractivity contribution in [1.82, 2.24) is 21.3 Å². The largest absolute Gasteiger partial charge is 0.481 e. The van der Waals surface area contributed by atoms with Crippen LogP contribution in [0.1, 0.15) is 46.0 Å². The van der Waals surface area contributed by atoms with Crippen molar-refractivity contribution >= 4 is 57.2 Å². The maximum Gasteiger partial charge on any atom is 0.308 e. The number of esters is 1. The highest BCUT2D eigenvalue weighted by molar-refractivity contribution is 8.76. The predicted molar refractivity (Wildman–Crippen MR) is 134 cm³/mol. The molecule has 2 rings (SSSR count). The molecule has 2 bridgehead atoms. The summed E-state index contributed by atoms with van der Waals surface area (Å²) in [5, 5.41) is 19.4. The van der Waals surface area contributed by atoms with Gasteiger partial charge in [-0.15, -0.1) is 0 Å². The second kappa shape index (κ2) is 14.1. The molecule has 0 saturated carbocycles. The molecule has 12 nitrogen and oxygen atoms in total. The van der Waals surface area contributed by atoms with Gasteiger partial charge >= 0.3 is 11.9 Å². The van der Waals surface area contributed by atoms with Crippen LogP contribution < -0.4 is 21.3 Å². The van der Waals surface area contributed by atoms with Gasteiger partial charge in [0, 0.05) is 24.5 Å². The zero-order valence-electron chi connectivity index (χ0n) is 20.2. The number of allylic oxidation sites excluding steroid dienone is 1. The number of ether oxygens (including phenoxy) is 1. The Balaban J connectivity index is 2.43. The van der Waals surface area contributed by atoms with E-state index in [9.17, 15) is 28.8 Å². The molecule has 0 aromatic rings. The Morgan fingerprint density at radius 1 is 1.14 bits per heavy atom. The van der Waals surface area contributed by atoms with E-state index >= 15 is 0 Å². The lowest BCUT2D eigenvalue weighted by atomic mass is 10.0. The molecule has 1 saturated heterocycles. The highest BCUT2D eigenvalue weighted by atomic mass is 33.1. The molecule has 4 amide bonds. The van der Waals surface area contributed by atoms with Crippen molar-refractivity contribution in [2.24, 2.45) is 0 Å². The summed E-state index contributed by atoms with van der Waals surface area (Å²) < 4.78 is 5.41. The average molecular weight is 545 g/mol. The van der Waals surface area contributed by atoms with Crippen molar-refractivity contribution in [2.45, 2.75) is 69.7 Å². The van der Waals surface area contributed by atoms with Crippen LogP contribution in [0, 0.1) is 0 Å². The second-order valence-electron chi connectivity index (χ2n) is 8.79. The number of hydrogen-bond acceptors (Lipinski definition) is 9. The van der Waals surface area contributed by atoms with Crippen molar-refractivity contribution in [3.63, 3.8) is 0 Å². The molecule has 200 valence electrons. The fourth-order valence-corrected chi connectivity index (χ4v) is 5.45. The number of carboxylic acids is 1. The standard InChI is InChI=1S/C22H32N4O8S2/c1-22(2)21(33)23-9-8-18(30)34-13-5-3-4-10-35-36-12-15(20(32)26-22)25-19(31)14(6-7-17(28)29)24-16(27)11-13/h3,5,13-15H,4,6-12H2,1-2H3,(H,23,33)(H,24,27)(H,25,31)(H,26,32)(H,28,29)/b5-3+/t13-,14-,15-/m1/s1. The molecule has 5 N–H and O–H groups in total. The number of amides is 4. The van der Waals surface area contributed by atoms with E-state index in [-0.39, 0.29) is 31.6 Å². The van der Waals surface area contributed by atoms with Crippen LogP contribution >= 0.6 is 21.6 Å². The Morgan fingerprint density at radius 3 is 2.61 bits per heavy atom. The number of carbonyl (C=O) groups excluding carboxylic acids is 5. The molecule has 14 heteroatoms. The van der Waals surface area contributed by atoms with E-state index in [1.807, 2.05) is 0 Å². The van der Waals surface area contributed by atoms with E-state index in [1.54, 1.807) is 12.2 Å². The van der Waals surface area contributed by atoms with Crippen molar-refractivity contribution < 1.29 is 38.6 Å². The van der Waals surface area contributed by atoms with Crippen molar-refractivity contribution in [2.75, 3.05) is 18.1 Å². The summed E-state index contributed by atoms with van der Waals surface area (Å²) in [6.07, 6.45) is 2.02. The number of nitrogens with one attached hydrogen (secondary N) is 4. The van der Waals surface area contributed by atoms with Crippen LogP contribution in [0.15, 0.2) is 12.2 Å². The Hall–Kier alpha value is -2.74. The van der Waals surface area contributed by atoms with Crippen LogP contribution in [0.25, 0.3) is 0 Å². The zero-order valence-corrected chi connectivity index (χ0v) is 21.8. The van der Waals surface area contributed by atoms with Crippen molar-refractivity contribution in [3.8, 4) is 0 Å². The maximum atomic E-state index is 13.1. The topological polar surface area (TPSA) is 180 Å². The molecule has 0 spiro atoms. The van der Waals surface area contributed by atoms with Crippen LogP contribution in [0.4, 0.5) is 0 Å². The van der Waals surface area contributed by atoms with E-state index in [1.165, 1.54) is 35.4 Å². The lowest BCUT2D eigenvalue weighted by Crippen LogP contribution is -2.61. The van der Waals surface area contributed by atoms with Crippen LogP contribution in [-0.4, -0.2) is 82.5 Å². The van der Waals surface area contributed by atoms with Gasteiger partial charge in [0.15, 0.2) is 0 Å². The average Bonchev–Trinajstić information content (AvgIpc) is 2.78. The molecule has 0 aliphatic carbocycles. The van der Waals surface area contributed by atoms with Gasteiger partial charge in [-0.3, -0.25) is 28.8 Å². The van der Waals surface area contributed by atoms with Gasteiger partial charge in [0.2, 0.25) is 23.6 Å². The molecule has 2 aliphatic rings. The number of hydrogen-bond donors (Lipinski definition) is 5. The van der Waals surface area contributed by atoms with E-state index in [0.29, 0.717) is 12.2 Å². The van der Waals surface area contributed by atoms with Gasteiger partial charge in [0.25, 0.3) is 0 Å². The molecule has 2 aliphatic heterocycles. The van der Waals surface area contributed by atoms with Gasteiger partial charge in [-0.1, -0.05) is 27.7 Å². The van der Waals surface area contributed by atoms with Gasteiger partial charge in [-0.05, 0) is 32.8 Å². The van der Waals surface area contributed by atoms with Gasteiger partial charge in [-0.25, -0.2) is 0 Å². The van der Waals surface area contributed by atoms with Crippen LogP contribution in [0.5, 0.6) is 0 Å². The van der Waals surface area contributed by atoms with Gasteiger partial charge < -0.3 is 31.1 Å². The maximum absolute atomic E-state index is 13.1. The highest BCUT2D eigenvalue weighted by Gasteiger charge is 2.34. The third-order valence-electron chi connectivity index (χ3n) is 5.26. The summed E-state index contributed by atoms with van der Waals surface area (Å²) in [6, 6.07) is -2.29. The third-order valence-corrected chi connectivity index (χ3v) is 7.70. The molecular weight excluding hydrogens is 512 g/mol. The monoisotopic (exact) mass is 544 g/mol. The summed E-state index contributed by atoms with van der Waals surface area (Å²) >= 11 is 0. The van der Waals surface area contributed by atoms with E-state index in [4.69, 9.17) is 9.84 Å². The van der Waals surface area contributed by atoms with E-state index in [2.05, 4.69) is 21.3 Å². The molecule has 0 aromatic carbocycles. The molecule has 0 aromatic heterocycles. The van der Waals surface area contributed by atoms with Crippen LogP contribution in [-0.2, 0) is 33.5 Å². The minimum absolute atomic E-state index is 0.0382. The van der Waals surface area contributed by atoms with Crippen molar-refractivity contribution in [3.05, 3.63) is 12.2 Å². The minimum Gasteiger partial charge on any atom is -0.481 e. The van der Waals surface area contributed by atoms with Gasteiger partial charge in [0.05, 0.1) is 12.8 Å². The first-order valence-corrected chi connectivity index (χ1v) is 14.0. The fourth-order valence-electron chi connectivity index (χ4n) is 3.29. The summed E-state index contributed by atoms with van der Waals surface area (Å²) in [7, 11) is 2.81. The number of fused-ring (bicyclic) bond motifs is 7. The predicted octanol–water partition coefficient (Wildman–Crippen LogP) is -0.121. The Kier molecular flexibility index (Phi) is 11.6. The second-order valence-corrected chi connectivity index (χ2v) is 11.4. The molecule has 3 atom stereocenters. The Morgan fingerprint density at radius 2 is 1.89 bits per heavy atom. The summed E-state index contributed by atoms with van der Waals surface area (Å²) in [5.41, 5.74) is -1.36. The molecule has 0 unspecified atom stereocenters. The number of rotatable bonds is 3. The number of aliphatic carboxylic acids is 1.